The number of rotatable bonds is 9. The molecule has 0 saturated heterocycles. The second-order valence-corrected chi connectivity index (χ2v) is 9.29. The van der Waals surface area contributed by atoms with Crippen LogP contribution < -0.4 is 21.1 Å². The lowest BCUT2D eigenvalue weighted by molar-refractivity contribution is -0.118. The van der Waals surface area contributed by atoms with Crippen LogP contribution in [0, 0.1) is 5.82 Å². The molecule has 0 spiro atoms. The molecule has 37 heavy (non-hydrogen) atoms. The predicted octanol–water partition coefficient (Wildman–Crippen LogP) is 0.527. The average Bonchev–Trinajstić information content (AvgIpc) is 2.89. The zero-order valence-corrected chi connectivity index (χ0v) is 20.0. The molecule has 4 amide bonds. The van der Waals surface area contributed by atoms with Crippen LogP contribution in [0.25, 0.3) is 0 Å². The van der Waals surface area contributed by atoms with Gasteiger partial charge in [-0.15, -0.1) is 0 Å². The van der Waals surface area contributed by atoms with Crippen LogP contribution >= 0.6 is 0 Å². The van der Waals surface area contributed by atoms with Crippen molar-refractivity contribution in [2.45, 2.75) is 11.3 Å². The SMILES string of the molecule is NCC(=O)NC(=O)c1ccc(C(=O)NS(=O)(=O)c2ccc(C(=O)NCCc3ccc(F)cc3)cc2)cn1. The van der Waals surface area contributed by atoms with Gasteiger partial charge in [0.05, 0.1) is 17.0 Å². The first-order valence-electron chi connectivity index (χ1n) is 10.8. The van der Waals surface area contributed by atoms with Crippen molar-refractivity contribution in [1.82, 2.24) is 20.3 Å². The van der Waals surface area contributed by atoms with Gasteiger partial charge in [0.1, 0.15) is 11.5 Å². The summed E-state index contributed by atoms with van der Waals surface area (Å²) in [6, 6.07) is 13.1. The number of imide groups is 1. The number of nitrogens with two attached hydrogens (primary N) is 1. The molecule has 1 aromatic heterocycles. The normalized spacial score (nSPS) is 10.9. The molecular weight excluding hydrogens is 505 g/mol. The van der Waals surface area contributed by atoms with E-state index < -0.39 is 40.2 Å². The first kappa shape index (κ1) is 27.1. The Hall–Kier alpha value is -4.49. The maximum absolute atomic E-state index is 13.0. The van der Waals surface area contributed by atoms with Gasteiger partial charge in [0.15, 0.2) is 0 Å². The fourth-order valence-corrected chi connectivity index (χ4v) is 3.98. The van der Waals surface area contributed by atoms with E-state index in [1.54, 1.807) is 12.1 Å². The fraction of sp³-hybridized carbons (Fsp3) is 0.125. The summed E-state index contributed by atoms with van der Waals surface area (Å²) in [4.78, 5) is 51.2. The van der Waals surface area contributed by atoms with Crippen molar-refractivity contribution in [2.24, 2.45) is 5.73 Å². The Kier molecular flexibility index (Phi) is 8.77. The second-order valence-electron chi connectivity index (χ2n) is 7.60. The van der Waals surface area contributed by atoms with Crippen molar-refractivity contribution in [3.05, 3.63) is 95.1 Å². The maximum atomic E-state index is 13.0. The zero-order chi connectivity index (χ0) is 27.0. The van der Waals surface area contributed by atoms with E-state index in [4.69, 9.17) is 5.73 Å². The predicted molar refractivity (Wildman–Crippen MR) is 129 cm³/mol. The lowest BCUT2D eigenvalue weighted by atomic mass is 10.1. The van der Waals surface area contributed by atoms with E-state index in [-0.39, 0.29) is 27.5 Å². The summed E-state index contributed by atoms with van der Waals surface area (Å²) < 4.78 is 40.0. The van der Waals surface area contributed by atoms with Gasteiger partial charge in [0, 0.05) is 18.3 Å². The molecule has 0 atom stereocenters. The van der Waals surface area contributed by atoms with Gasteiger partial charge >= 0.3 is 0 Å². The van der Waals surface area contributed by atoms with E-state index in [9.17, 15) is 32.0 Å². The van der Waals surface area contributed by atoms with Crippen LogP contribution in [-0.4, -0.2) is 50.1 Å². The summed E-state index contributed by atoms with van der Waals surface area (Å²) >= 11 is 0. The van der Waals surface area contributed by atoms with Gasteiger partial charge < -0.3 is 11.1 Å². The molecule has 0 aliphatic carbocycles. The Morgan fingerprint density at radius 1 is 0.838 bits per heavy atom. The van der Waals surface area contributed by atoms with Crippen molar-refractivity contribution < 1.29 is 32.0 Å². The van der Waals surface area contributed by atoms with Crippen molar-refractivity contribution in [3.8, 4) is 0 Å². The van der Waals surface area contributed by atoms with Gasteiger partial charge in [-0.1, -0.05) is 12.1 Å². The van der Waals surface area contributed by atoms with E-state index in [0.29, 0.717) is 13.0 Å². The molecule has 11 nitrogen and oxygen atoms in total. The Morgan fingerprint density at radius 3 is 2.08 bits per heavy atom. The van der Waals surface area contributed by atoms with E-state index in [2.05, 4.69) is 10.3 Å². The van der Waals surface area contributed by atoms with E-state index in [0.717, 1.165) is 17.8 Å². The minimum absolute atomic E-state index is 0.151. The van der Waals surface area contributed by atoms with Gasteiger partial charge in [-0.25, -0.2) is 17.5 Å². The van der Waals surface area contributed by atoms with Crippen LogP contribution in [0.2, 0.25) is 0 Å². The topological polar surface area (TPSA) is 177 Å². The number of hydrogen-bond donors (Lipinski definition) is 4. The zero-order valence-electron chi connectivity index (χ0n) is 19.2. The van der Waals surface area contributed by atoms with Crippen molar-refractivity contribution in [2.75, 3.05) is 13.1 Å². The van der Waals surface area contributed by atoms with Crippen molar-refractivity contribution >= 4 is 33.7 Å². The number of nitrogens with zero attached hydrogens (tertiary/aromatic N) is 1. The minimum atomic E-state index is -4.28. The number of pyridine rings is 1. The number of halogens is 1. The molecule has 5 N–H and O–H groups in total. The van der Waals surface area contributed by atoms with Crippen LogP contribution in [0.4, 0.5) is 4.39 Å². The van der Waals surface area contributed by atoms with Crippen molar-refractivity contribution in [3.63, 3.8) is 0 Å². The molecule has 0 radical (unpaired) electrons. The maximum Gasteiger partial charge on any atom is 0.276 e. The molecule has 192 valence electrons. The molecule has 3 aromatic rings. The number of nitrogens with one attached hydrogen (secondary N) is 3. The number of hydrogen-bond acceptors (Lipinski definition) is 8. The first-order chi connectivity index (χ1) is 17.6. The highest BCUT2D eigenvalue weighted by molar-refractivity contribution is 7.90. The third-order valence-corrected chi connectivity index (χ3v) is 6.31. The first-order valence-corrected chi connectivity index (χ1v) is 12.3. The number of amides is 4. The molecule has 0 fully saturated rings. The molecule has 1 heterocycles. The quantitative estimate of drug-likeness (QED) is 0.311. The van der Waals surface area contributed by atoms with E-state index in [1.165, 1.54) is 42.5 Å². The van der Waals surface area contributed by atoms with E-state index in [1.807, 2.05) is 10.0 Å². The Morgan fingerprint density at radius 2 is 1.49 bits per heavy atom. The summed E-state index contributed by atoms with van der Waals surface area (Å²) in [6.07, 6.45) is 1.46. The molecule has 0 aliphatic heterocycles. The molecule has 0 unspecified atom stereocenters. The summed E-state index contributed by atoms with van der Waals surface area (Å²) in [7, 11) is -4.28. The standard InChI is InChI=1S/C24H22FN5O6S/c25-18-6-1-15(2-7-18)11-12-27-22(32)16-3-8-19(9-4-16)37(35,36)30-23(33)17-5-10-20(28-14-17)24(34)29-21(31)13-26/h1-10,14H,11-13,26H2,(H,27,32)(H,30,33)(H,29,31,34). The highest BCUT2D eigenvalue weighted by atomic mass is 32.2. The lowest BCUT2D eigenvalue weighted by Gasteiger charge is -2.09. The number of sulfonamides is 1. The number of benzene rings is 2. The molecule has 3 rings (SSSR count). The Balaban J connectivity index is 1.57. The largest absolute Gasteiger partial charge is 0.352 e. The molecule has 0 saturated carbocycles. The van der Waals surface area contributed by atoms with Crippen LogP contribution in [0.5, 0.6) is 0 Å². The van der Waals surface area contributed by atoms with Crippen molar-refractivity contribution in [1.29, 1.82) is 0 Å². The van der Waals surface area contributed by atoms with Crippen LogP contribution in [-0.2, 0) is 21.2 Å². The number of aromatic nitrogens is 1. The average molecular weight is 528 g/mol. The van der Waals surface area contributed by atoms with Gasteiger partial charge in [-0.3, -0.25) is 29.5 Å². The lowest BCUT2D eigenvalue weighted by Crippen LogP contribution is -2.36. The number of carbonyl (C=O) groups excluding carboxylic acids is 4. The summed E-state index contributed by atoms with van der Waals surface area (Å²) in [5.41, 5.74) is 5.83. The van der Waals surface area contributed by atoms with Crippen LogP contribution in [0.1, 0.15) is 36.8 Å². The monoisotopic (exact) mass is 527 g/mol. The highest BCUT2D eigenvalue weighted by Crippen LogP contribution is 2.12. The molecule has 2 aromatic carbocycles. The smallest absolute Gasteiger partial charge is 0.276 e. The summed E-state index contributed by atoms with van der Waals surface area (Å²) in [5, 5.41) is 4.67. The Labute approximate surface area is 211 Å². The van der Waals surface area contributed by atoms with Crippen LogP contribution in [0.15, 0.2) is 71.8 Å². The van der Waals surface area contributed by atoms with Gasteiger partial charge in [-0.05, 0) is 60.5 Å². The van der Waals surface area contributed by atoms with Gasteiger partial charge in [0.2, 0.25) is 5.91 Å². The number of carbonyl (C=O) groups is 4. The molecular formula is C24H22FN5O6S. The second kappa shape index (κ2) is 12.0. The third kappa shape index (κ3) is 7.49. The fourth-order valence-electron chi connectivity index (χ4n) is 3.00. The minimum Gasteiger partial charge on any atom is -0.352 e. The van der Waals surface area contributed by atoms with Gasteiger partial charge in [0.25, 0.3) is 27.7 Å². The summed E-state index contributed by atoms with van der Waals surface area (Å²) in [6.45, 7) is -0.106. The molecule has 13 heteroatoms. The Bertz CT molecular complexity index is 1410. The summed E-state index contributed by atoms with van der Waals surface area (Å²) in [5.74, 6) is -3.32. The van der Waals surface area contributed by atoms with Gasteiger partial charge in [-0.2, -0.15) is 0 Å². The highest BCUT2D eigenvalue weighted by Gasteiger charge is 2.20. The van der Waals surface area contributed by atoms with Crippen LogP contribution in [0.3, 0.4) is 0 Å². The molecule has 0 aliphatic rings. The van der Waals surface area contributed by atoms with E-state index >= 15 is 0 Å². The third-order valence-electron chi connectivity index (χ3n) is 4.96. The molecule has 0 bridgehead atoms.